The van der Waals surface area contributed by atoms with E-state index in [0.717, 1.165) is 0 Å². The molecule has 0 aliphatic carbocycles. The summed E-state index contributed by atoms with van der Waals surface area (Å²) in [6, 6.07) is 6.87. The molecule has 0 radical (unpaired) electrons. The predicted octanol–water partition coefficient (Wildman–Crippen LogP) is 1.63. The third-order valence-electron chi connectivity index (χ3n) is 2.28. The van der Waals surface area contributed by atoms with E-state index in [0.29, 0.717) is 11.3 Å². The number of nitrogens with two attached hydrogens (primary N) is 1. The standard InChI is InChI=1S/C11H10N2O4/c1-16-7-5-3-2-4-6(7)9-8(11(14)15)10(12)13-17-9/h2-5H,1H3,(H2,12,13)(H,14,15). The first-order valence-electron chi connectivity index (χ1n) is 4.77. The molecule has 0 saturated carbocycles. The van der Waals surface area contributed by atoms with Crippen molar-refractivity contribution >= 4 is 11.8 Å². The van der Waals surface area contributed by atoms with Gasteiger partial charge in [-0.05, 0) is 12.1 Å². The second-order valence-corrected chi connectivity index (χ2v) is 3.28. The Hall–Kier alpha value is -2.50. The monoisotopic (exact) mass is 234 g/mol. The maximum Gasteiger partial charge on any atom is 0.343 e. The number of para-hydroxylation sites is 1. The lowest BCUT2D eigenvalue weighted by atomic mass is 10.1. The zero-order chi connectivity index (χ0) is 12.4. The molecule has 6 heteroatoms. The Morgan fingerprint density at radius 3 is 2.82 bits per heavy atom. The summed E-state index contributed by atoms with van der Waals surface area (Å²) in [7, 11) is 1.49. The second-order valence-electron chi connectivity index (χ2n) is 3.28. The number of aromatic nitrogens is 1. The van der Waals surface area contributed by atoms with Crippen LogP contribution in [0.2, 0.25) is 0 Å². The number of benzene rings is 1. The van der Waals surface area contributed by atoms with Crippen molar-refractivity contribution in [1.29, 1.82) is 0 Å². The Labute approximate surface area is 96.6 Å². The molecular weight excluding hydrogens is 224 g/mol. The molecule has 1 heterocycles. The summed E-state index contributed by atoms with van der Waals surface area (Å²) in [6.07, 6.45) is 0. The fraction of sp³-hybridized carbons (Fsp3) is 0.0909. The van der Waals surface area contributed by atoms with Crippen LogP contribution in [0.3, 0.4) is 0 Å². The molecule has 2 rings (SSSR count). The van der Waals surface area contributed by atoms with Gasteiger partial charge >= 0.3 is 5.97 Å². The molecule has 0 amide bonds. The minimum Gasteiger partial charge on any atom is -0.496 e. The zero-order valence-electron chi connectivity index (χ0n) is 9.01. The van der Waals surface area contributed by atoms with Gasteiger partial charge in [0.05, 0.1) is 12.7 Å². The Morgan fingerprint density at radius 1 is 1.47 bits per heavy atom. The van der Waals surface area contributed by atoms with Crippen molar-refractivity contribution in [2.75, 3.05) is 12.8 Å². The van der Waals surface area contributed by atoms with Crippen LogP contribution in [0, 0.1) is 0 Å². The molecular formula is C11H10N2O4. The molecule has 0 aliphatic rings. The number of hydrogen-bond acceptors (Lipinski definition) is 5. The van der Waals surface area contributed by atoms with E-state index < -0.39 is 5.97 Å². The summed E-state index contributed by atoms with van der Waals surface area (Å²) in [5.74, 6) is -0.762. The summed E-state index contributed by atoms with van der Waals surface area (Å²) >= 11 is 0. The first-order valence-corrected chi connectivity index (χ1v) is 4.77. The van der Waals surface area contributed by atoms with Crippen LogP contribution in [0.1, 0.15) is 10.4 Å². The maximum atomic E-state index is 11.1. The van der Waals surface area contributed by atoms with Crippen LogP contribution < -0.4 is 10.5 Å². The molecule has 3 N–H and O–H groups in total. The van der Waals surface area contributed by atoms with Crippen LogP contribution in [0.4, 0.5) is 5.82 Å². The first kappa shape index (κ1) is 11.0. The number of nitrogen functional groups attached to an aromatic ring is 1. The second kappa shape index (κ2) is 4.17. The molecule has 0 bridgehead atoms. The van der Waals surface area contributed by atoms with E-state index in [-0.39, 0.29) is 17.1 Å². The van der Waals surface area contributed by atoms with Gasteiger partial charge in [0.25, 0.3) is 0 Å². The number of nitrogens with zero attached hydrogens (tertiary/aromatic N) is 1. The maximum absolute atomic E-state index is 11.1. The number of carboxylic acid groups (broad SMARTS) is 1. The molecule has 0 fully saturated rings. The third kappa shape index (κ3) is 1.80. The average Bonchev–Trinajstić information content (AvgIpc) is 2.71. The fourth-order valence-corrected chi connectivity index (χ4v) is 1.53. The van der Waals surface area contributed by atoms with Gasteiger partial charge < -0.3 is 20.1 Å². The van der Waals surface area contributed by atoms with Crippen LogP contribution >= 0.6 is 0 Å². The van der Waals surface area contributed by atoms with E-state index in [1.807, 2.05) is 0 Å². The van der Waals surface area contributed by atoms with Gasteiger partial charge in [0.15, 0.2) is 17.1 Å². The van der Waals surface area contributed by atoms with Gasteiger partial charge in [-0.15, -0.1) is 0 Å². The molecule has 0 aliphatic heterocycles. The van der Waals surface area contributed by atoms with Gasteiger partial charge in [0.1, 0.15) is 5.75 Å². The topological polar surface area (TPSA) is 98.6 Å². The highest BCUT2D eigenvalue weighted by Gasteiger charge is 2.23. The molecule has 1 aromatic carbocycles. The van der Waals surface area contributed by atoms with Crippen LogP contribution in [-0.2, 0) is 0 Å². The number of ether oxygens (including phenoxy) is 1. The minimum atomic E-state index is -1.19. The van der Waals surface area contributed by atoms with Crippen molar-refractivity contribution in [2.24, 2.45) is 0 Å². The first-order chi connectivity index (χ1) is 8.15. The van der Waals surface area contributed by atoms with E-state index in [1.165, 1.54) is 7.11 Å². The van der Waals surface area contributed by atoms with E-state index in [4.69, 9.17) is 20.1 Å². The Bertz CT molecular complexity index is 562. The molecule has 0 atom stereocenters. The number of rotatable bonds is 3. The van der Waals surface area contributed by atoms with Gasteiger partial charge in [0.2, 0.25) is 0 Å². The smallest absolute Gasteiger partial charge is 0.343 e. The number of aromatic carboxylic acids is 1. The van der Waals surface area contributed by atoms with Crippen LogP contribution in [0.5, 0.6) is 5.75 Å². The SMILES string of the molecule is COc1ccccc1-c1onc(N)c1C(=O)O. The van der Waals surface area contributed by atoms with E-state index >= 15 is 0 Å². The lowest BCUT2D eigenvalue weighted by Gasteiger charge is -2.05. The molecule has 88 valence electrons. The van der Waals surface area contributed by atoms with Crippen molar-refractivity contribution in [2.45, 2.75) is 0 Å². The van der Waals surface area contributed by atoms with Gasteiger partial charge in [-0.3, -0.25) is 0 Å². The number of carboxylic acids is 1. The van der Waals surface area contributed by atoms with Gasteiger partial charge in [-0.1, -0.05) is 17.3 Å². The minimum absolute atomic E-state index is 0.0902. The normalized spacial score (nSPS) is 10.2. The van der Waals surface area contributed by atoms with E-state index in [2.05, 4.69) is 5.16 Å². The third-order valence-corrected chi connectivity index (χ3v) is 2.28. The lowest BCUT2D eigenvalue weighted by Crippen LogP contribution is -2.01. The van der Waals surface area contributed by atoms with Crippen molar-refractivity contribution in [3.63, 3.8) is 0 Å². The Kier molecular flexibility index (Phi) is 2.70. The average molecular weight is 234 g/mol. The molecule has 0 unspecified atom stereocenters. The molecule has 6 nitrogen and oxygen atoms in total. The highest BCUT2D eigenvalue weighted by Crippen LogP contribution is 2.34. The fourth-order valence-electron chi connectivity index (χ4n) is 1.53. The molecule has 17 heavy (non-hydrogen) atoms. The van der Waals surface area contributed by atoms with Crippen molar-refractivity contribution in [1.82, 2.24) is 5.16 Å². The highest BCUT2D eigenvalue weighted by molar-refractivity contribution is 5.99. The van der Waals surface area contributed by atoms with Crippen molar-refractivity contribution < 1.29 is 19.2 Å². The summed E-state index contributed by atoms with van der Waals surface area (Å²) < 4.78 is 10.1. The predicted molar refractivity (Wildman–Crippen MR) is 59.9 cm³/mol. The van der Waals surface area contributed by atoms with E-state index in [9.17, 15) is 4.79 Å². The molecule has 0 saturated heterocycles. The number of methoxy groups -OCH3 is 1. The number of anilines is 1. The summed E-state index contributed by atoms with van der Waals surface area (Å²) in [5, 5.41) is 12.5. The van der Waals surface area contributed by atoms with Gasteiger partial charge in [-0.2, -0.15) is 0 Å². The molecule has 1 aromatic heterocycles. The van der Waals surface area contributed by atoms with Gasteiger partial charge in [0, 0.05) is 0 Å². The summed E-state index contributed by atoms with van der Waals surface area (Å²) in [5.41, 5.74) is 5.78. The molecule has 2 aromatic rings. The summed E-state index contributed by atoms with van der Waals surface area (Å²) in [4.78, 5) is 11.1. The van der Waals surface area contributed by atoms with E-state index in [1.54, 1.807) is 24.3 Å². The number of hydrogen-bond donors (Lipinski definition) is 2. The quantitative estimate of drug-likeness (QED) is 0.837. The number of carbonyl (C=O) groups is 1. The zero-order valence-corrected chi connectivity index (χ0v) is 9.01. The molecule has 0 spiro atoms. The van der Waals surface area contributed by atoms with Crippen molar-refractivity contribution in [3.05, 3.63) is 29.8 Å². The Balaban J connectivity index is 2.65. The van der Waals surface area contributed by atoms with Crippen molar-refractivity contribution in [3.8, 4) is 17.1 Å². The highest BCUT2D eigenvalue weighted by atomic mass is 16.5. The summed E-state index contributed by atoms with van der Waals surface area (Å²) in [6.45, 7) is 0. The van der Waals surface area contributed by atoms with Crippen LogP contribution in [0.15, 0.2) is 28.8 Å². The lowest BCUT2D eigenvalue weighted by molar-refractivity contribution is 0.0698. The largest absolute Gasteiger partial charge is 0.496 e. The van der Waals surface area contributed by atoms with Crippen LogP contribution in [-0.4, -0.2) is 23.3 Å². The van der Waals surface area contributed by atoms with Gasteiger partial charge in [-0.25, -0.2) is 4.79 Å². The van der Waals surface area contributed by atoms with Crippen LogP contribution in [0.25, 0.3) is 11.3 Å². The Morgan fingerprint density at radius 2 is 2.18 bits per heavy atom.